The summed E-state index contributed by atoms with van der Waals surface area (Å²) in [6.07, 6.45) is 5.36. The summed E-state index contributed by atoms with van der Waals surface area (Å²) >= 11 is 0. The fraction of sp³-hybridized carbons (Fsp3) is 0.727. The van der Waals surface area contributed by atoms with Crippen molar-refractivity contribution < 1.29 is 9.53 Å². The first-order chi connectivity index (χ1) is 7.74. The number of rotatable bonds is 5. The van der Waals surface area contributed by atoms with E-state index in [0.29, 0.717) is 6.54 Å². The fourth-order valence-corrected chi connectivity index (χ4v) is 1.51. The van der Waals surface area contributed by atoms with Crippen LogP contribution in [0.25, 0.3) is 0 Å². The summed E-state index contributed by atoms with van der Waals surface area (Å²) in [7, 11) is 0. The van der Waals surface area contributed by atoms with Gasteiger partial charge in [-0.3, -0.25) is 9.69 Å². The second-order valence-corrected chi connectivity index (χ2v) is 3.76. The number of morpholine rings is 1. The quantitative estimate of drug-likeness (QED) is 0.576. The molecule has 1 fully saturated rings. The lowest BCUT2D eigenvalue weighted by Gasteiger charge is -2.26. The number of carbonyl (C=O) groups excluding carboxylic acids is 1. The third kappa shape index (κ3) is 4.62. The maximum Gasteiger partial charge on any atom is 0.237 e. The van der Waals surface area contributed by atoms with E-state index in [1.54, 1.807) is 0 Å². The van der Waals surface area contributed by atoms with E-state index in [0.717, 1.165) is 32.8 Å². The van der Waals surface area contributed by atoms with E-state index in [1.165, 1.54) is 0 Å². The largest absolute Gasteiger partial charge is 0.379 e. The van der Waals surface area contributed by atoms with Crippen molar-refractivity contribution in [1.82, 2.24) is 10.2 Å². The van der Waals surface area contributed by atoms with E-state index >= 15 is 0 Å². The number of amides is 1. The van der Waals surface area contributed by atoms with Crippen molar-refractivity contribution in [2.75, 3.05) is 39.4 Å². The van der Waals surface area contributed by atoms with Crippen LogP contribution in [-0.4, -0.2) is 56.2 Å². The zero-order valence-corrected chi connectivity index (χ0v) is 9.45. The Morgan fingerprint density at radius 1 is 1.56 bits per heavy atom. The van der Waals surface area contributed by atoms with Crippen molar-refractivity contribution in [3.63, 3.8) is 0 Å². The molecule has 0 bridgehead atoms. The van der Waals surface area contributed by atoms with Crippen LogP contribution >= 0.6 is 0 Å². The van der Waals surface area contributed by atoms with Gasteiger partial charge in [-0.25, -0.2) is 0 Å². The fourth-order valence-electron chi connectivity index (χ4n) is 1.51. The second-order valence-electron chi connectivity index (χ2n) is 3.76. The first-order valence-corrected chi connectivity index (χ1v) is 5.51. The molecule has 1 atom stereocenters. The van der Waals surface area contributed by atoms with Crippen molar-refractivity contribution in [3.8, 4) is 12.3 Å². The molecule has 5 nitrogen and oxygen atoms in total. The van der Waals surface area contributed by atoms with Crippen LogP contribution in [0.1, 0.15) is 6.42 Å². The Kier molecular flexibility index (Phi) is 5.86. The summed E-state index contributed by atoms with van der Waals surface area (Å²) in [6.45, 7) is 4.82. The Labute approximate surface area is 96.3 Å². The molecule has 1 unspecified atom stereocenters. The summed E-state index contributed by atoms with van der Waals surface area (Å²) in [5, 5.41) is 2.77. The highest BCUT2D eigenvalue weighted by Gasteiger charge is 2.13. The zero-order valence-electron chi connectivity index (χ0n) is 9.45. The summed E-state index contributed by atoms with van der Waals surface area (Å²) in [5.41, 5.74) is 5.56. The van der Waals surface area contributed by atoms with Crippen molar-refractivity contribution in [1.29, 1.82) is 0 Å². The number of nitrogens with zero attached hydrogens (tertiary/aromatic N) is 1. The van der Waals surface area contributed by atoms with E-state index in [9.17, 15) is 4.79 Å². The smallest absolute Gasteiger partial charge is 0.237 e. The van der Waals surface area contributed by atoms with E-state index in [-0.39, 0.29) is 12.3 Å². The van der Waals surface area contributed by atoms with Crippen molar-refractivity contribution in [3.05, 3.63) is 0 Å². The van der Waals surface area contributed by atoms with Gasteiger partial charge in [0.15, 0.2) is 0 Å². The molecule has 1 heterocycles. The number of terminal acetylenes is 1. The van der Waals surface area contributed by atoms with Gasteiger partial charge in [0.1, 0.15) is 0 Å². The first kappa shape index (κ1) is 13.0. The van der Waals surface area contributed by atoms with Crippen LogP contribution in [0.5, 0.6) is 0 Å². The molecule has 1 aliphatic rings. The van der Waals surface area contributed by atoms with Gasteiger partial charge in [-0.05, 0) is 0 Å². The molecule has 0 radical (unpaired) electrons. The predicted octanol–water partition coefficient (Wildman–Crippen LogP) is -1.21. The minimum Gasteiger partial charge on any atom is -0.379 e. The molecule has 0 aliphatic carbocycles. The third-order valence-electron chi connectivity index (χ3n) is 2.51. The van der Waals surface area contributed by atoms with Gasteiger partial charge in [0, 0.05) is 32.6 Å². The Hall–Kier alpha value is -1.09. The molecule has 1 saturated heterocycles. The molecule has 1 rings (SSSR count). The molecular formula is C11H19N3O2. The van der Waals surface area contributed by atoms with Crippen LogP contribution < -0.4 is 11.1 Å². The summed E-state index contributed by atoms with van der Waals surface area (Å²) < 4.78 is 5.23. The number of nitrogens with two attached hydrogens (primary N) is 1. The normalized spacial score (nSPS) is 18.8. The van der Waals surface area contributed by atoms with E-state index in [4.69, 9.17) is 16.9 Å². The highest BCUT2D eigenvalue weighted by molar-refractivity contribution is 5.81. The lowest BCUT2D eigenvalue weighted by atomic mass is 10.2. The van der Waals surface area contributed by atoms with Crippen LogP contribution in [0.3, 0.4) is 0 Å². The number of ether oxygens (including phenoxy) is 1. The second kappa shape index (κ2) is 7.23. The molecule has 0 aromatic heterocycles. The number of nitrogens with one attached hydrogen (secondary N) is 1. The van der Waals surface area contributed by atoms with Gasteiger partial charge in [-0.15, -0.1) is 12.3 Å². The maximum absolute atomic E-state index is 11.4. The SMILES string of the molecule is C#CCC(N)C(=O)NCCN1CCOCC1. The highest BCUT2D eigenvalue weighted by Crippen LogP contribution is 1.95. The molecule has 0 aromatic rings. The molecule has 0 saturated carbocycles. The van der Waals surface area contributed by atoms with Gasteiger partial charge in [0.2, 0.25) is 5.91 Å². The monoisotopic (exact) mass is 225 g/mol. The highest BCUT2D eigenvalue weighted by atomic mass is 16.5. The summed E-state index contributed by atoms with van der Waals surface area (Å²) in [4.78, 5) is 13.6. The van der Waals surface area contributed by atoms with Crippen LogP contribution in [-0.2, 0) is 9.53 Å². The Bertz CT molecular complexity index is 256. The molecule has 1 amide bonds. The zero-order chi connectivity index (χ0) is 11.8. The molecule has 90 valence electrons. The van der Waals surface area contributed by atoms with Crippen LogP contribution in [0.4, 0.5) is 0 Å². The van der Waals surface area contributed by atoms with Gasteiger partial charge in [-0.2, -0.15) is 0 Å². The predicted molar refractivity (Wildman–Crippen MR) is 61.7 cm³/mol. The standard InChI is InChI=1S/C11H19N3O2/c1-2-3-10(12)11(15)13-4-5-14-6-8-16-9-7-14/h1,10H,3-9,12H2,(H,13,15). The van der Waals surface area contributed by atoms with Gasteiger partial charge in [0.25, 0.3) is 0 Å². The lowest BCUT2D eigenvalue weighted by molar-refractivity contribution is -0.122. The molecule has 1 aliphatic heterocycles. The Morgan fingerprint density at radius 2 is 2.25 bits per heavy atom. The Balaban J connectivity index is 2.10. The molecule has 0 spiro atoms. The van der Waals surface area contributed by atoms with Gasteiger partial charge < -0.3 is 15.8 Å². The van der Waals surface area contributed by atoms with Gasteiger partial charge >= 0.3 is 0 Å². The van der Waals surface area contributed by atoms with Crippen LogP contribution in [0, 0.1) is 12.3 Å². The lowest BCUT2D eigenvalue weighted by Crippen LogP contribution is -2.45. The van der Waals surface area contributed by atoms with Crippen LogP contribution in [0.2, 0.25) is 0 Å². The van der Waals surface area contributed by atoms with Crippen molar-refractivity contribution in [2.24, 2.45) is 5.73 Å². The molecule has 3 N–H and O–H groups in total. The summed E-state index contributed by atoms with van der Waals surface area (Å²) in [6, 6.07) is -0.588. The van der Waals surface area contributed by atoms with E-state index in [2.05, 4.69) is 16.1 Å². The van der Waals surface area contributed by atoms with Gasteiger partial charge in [0.05, 0.1) is 19.3 Å². The average Bonchev–Trinajstić information content (AvgIpc) is 2.30. The summed E-state index contributed by atoms with van der Waals surface area (Å²) in [5.74, 6) is 2.20. The minimum atomic E-state index is -0.588. The molecule has 0 aromatic carbocycles. The molecule has 16 heavy (non-hydrogen) atoms. The average molecular weight is 225 g/mol. The number of hydrogen-bond donors (Lipinski definition) is 2. The minimum absolute atomic E-state index is 0.175. The van der Waals surface area contributed by atoms with Crippen LogP contribution in [0.15, 0.2) is 0 Å². The van der Waals surface area contributed by atoms with E-state index < -0.39 is 6.04 Å². The molecular weight excluding hydrogens is 206 g/mol. The maximum atomic E-state index is 11.4. The third-order valence-corrected chi connectivity index (χ3v) is 2.51. The number of hydrogen-bond acceptors (Lipinski definition) is 4. The number of carbonyl (C=O) groups is 1. The van der Waals surface area contributed by atoms with Crippen molar-refractivity contribution >= 4 is 5.91 Å². The Morgan fingerprint density at radius 3 is 2.88 bits per heavy atom. The van der Waals surface area contributed by atoms with Gasteiger partial charge in [-0.1, -0.05) is 0 Å². The molecule has 5 heteroatoms. The topological polar surface area (TPSA) is 67.6 Å². The first-order valence-electron chi connectivity index (χ1n) is 5.51. The van der Waals surface area contributed by atoms with Crippen molar-refractivity contribution in [2.45, 2.75) is 12.5 Å². The van der Waals surface area contributed by atoms with E-state index in [1.807, 2.05) is 0 Å².